The molecule has 0 aromatic carbocycles. The number of aliphatic carboxylic acids is 1. The summed E-state index contributed by atoms with van der Waals surface area (Å²) in [7, 11) is 0. The van der Waals surface area contributed by atoms with Gasteiger partial charge in [-0.05, 0) is 0 Å². The summed E-state index contributed by atoms with van der Waals surface area (Å²) in [5.41, 5.74) is 1.88. The third kappa shape index (κ3) is 2.03. The predicted molar refractivity (Wildman–Crippen MR) is 43.1 cm³/mol. The highest BCUT2D eigenvalue weighted by atomic mass is 32.1. The number of hydrogen-bond donors (Lipinski definition) is 2. The monoisotopic (exact) mass is 186 g/mol. The van der Waals surface area contributed by atoms with Crippen LogP contribution < -0.4 is 5.32 Å². The van der Waals surface area contributed by atoms with Crippen LogP contribution in [0.3, 0.4) is 0 Å². The number of nitrogens with one attached hydrogen (secondary N) is 1. The molecule has 6 heteroatoms. The van der Waals surface area contributed by atoms with Crippen LogP contribution in [0.4, 0.5) is 5.00 Å². The lowest BCUT2D eigenvalue weighted by Crippen LogP contribution is -2.03. The Hall–Kier alpha value is -1.43. The molecule has 1 aromatic heterocycles. The van der Waals surface area contributed by atoms with Crippen molar-refractivity contribution in [1.82, 2.24) is 4.98 Å². The van der Waals surface area contributed by atoms with Crippen LogP contribution in [0.15, 0.2) is 5.51 Å². The van der Waals surface area contributed by atoms with Crippen LogP contribution in [0.1, 0.15) is 5.69 Å². The fourth-order valence-electron chi connectivity index (χ4n) is 0.709. The molecule has 0 aliphatic rings. The van der Waals surface area contributed by atoms with E-state index in [1.54, 1.807) is 0 Å². The molecule has 12 heavy (non-hydrogen) atoms. The summed E-state index contributed by atoms with van der Waals surface area (Å²) in [5.74, 6) is -0.963. The van der Waals surface area contributed by atoms with Crippen LogP contribution in [0, 0.1) is 0 Å². The van der Waals surface area contributed by atoms with Gasteiger partial charge in [-0.15, -0.1) is 11.3 Å². The first-order valence-corrected chi connectivity index (χ1v) is 3.96. The van der Waals surface area contributed by atoms with E-state index in [4.69, 9.17) is 5.11 Å². The molecule has 0 spiro atoms. The van der Waals surface area contributed by atoms with Gasteiger partial charge < -0.3 is 10.4 Å². The van der Waals surface area contributed by atoms with Gasteiger partial charge in [-0.25, -0.2) is 4.98 Å². The minimum atomic E-state index is -0.963. The quantitative estimate of drug-likeness (QED) is 0.664. The van der Waals surface area contributed by atoms with Crippen molar-refractivity contribution < 1.29 is 14.7 Å². The third-order valence-electron chi connectivity index (χ3n) is 1.15. The SMILES string of the molecule is O=CNc1scnc1CC(=O)O. The molecule has 1 amide bonds. The van der Waals surface area contributed by atoms with Gasteiger partial charge >= 0.3 is 5.97 Å². The number of carbonyl (C=O) groups is 2. The van der Waals surface area contributed by atoms with Gasteiger partial charge in [0.05, 0.1) is 17.6 Å². The molecule has 64 valence electrons. The van der Waals surface area contributed by atoms with Crippen molar-refractivity contribution in [3.8, 4) is 0 Å². The van der Waals surface area contributed by atoms with E-state index in [1.807, 2.05) is 0 Å². The molecule has 0 bridgehead atoms. The smallest absolute Gasteiger partial charge is 0.309 e. The van der Waals surface area contributed by atoms with Crippen LogP contribution >= 0.6 is 11.3 Å². The van der Waals surface area contributed by atoms with Gasteiger partial charge in [0.25, 0.3) is 0 Å². The molecule has 5 nitrogen and oxygen atoms in total. The van der Waals surface area contributed by atoms with E-state index < -0.39 is 5.97 Å². The van der Waals surface area contributed by atoms with E-state index >= 15 is 0 Å². The Morgan fingerprint density at radius 1 is 1.83 bits per heavy atom. The maximum absolute atomic E-state index is 10.3. The molecule has 0 saturated carbocycles. The van der Waals surface area contributed by atoms with Gasteiger partial charge in [0, 0.05) is 0 Å². The molecular formula is C6H6N2O3S. The van der Waals surface area contributed by atoms with E-state index in [1.165, 1.54) is 16.8 Å². The maximum atomic E-state index is 10.3. The van der Waals surface area contributed by atoms with Crippen molar-refractivity contribution in [3.63, 3.8) is 0 Å². The average Bonchev–Trinajstić information content (AvgIpc) is 2.37. The zero-order chi connectivity index (χ0) is 8.97. The highest BCUT2D eigenvalue weighted by Crippen LogP contribution is 2.19. The van der Waals surface area contributed by atoms with Crippen LogP contribution in [0.5, 0.6) is 0 Å². The molecular weight excluding hydrogens is 180 g/mol. The molecule has 0 saturated heterocycles. The number of thiazole rings is 1. The molecule has 1 rings (SSSR count). The Kier molecular flexibility index (Phi) is 2.76. The number of carbonyl (C=O) groups excluding carboxylic acids is 1. The lowest BCUT2D eigenvalue weighted by molar-refractivity contribution is -0.136. The normalized spacial score (nSPS) is 9.33. The summed E-state index contributed by atoms with van der Waals surface area (Å²) in [5, 5.41) is 11.3. The van der Waals surface area contributed by atoms with Crippen LogP contribution in [-0.2, 0) is 16.0 Å². The number of nitrogens with zero attached hydrogens (tertiary/aromatic N) is 1. The van der Waals surface area contributed by atoms with Gasteiger partial charge in [0.15, 0.2) is 0 Å². The van der Waals surface area contributed by atoms with Crippen molar-refractivity contribution in [2.24, 2.45) is 0 Å². The summed E-state index contributed by atoms with van der Waals surface area (Å²) >= 11 is 1.20. The minimum Gasteiger partial charge on any atom is -0.481 e. The zero-order valence-electron chi connectivity index (χ0n) is 5.98. The van der Waals surface area contributed by atoms with Gasteiger partial charge in [0.1, 0.15) is 5.00 Å². The van der Waals surface area contributed by atoms with Crippen LogP contribution in [-0.4, -0.2) is 22.5 Å². The fourth-order valence-corrected chi connectivity index (χ4v) is 1.37. The number of rotatable bonds is 4. The number of amides is 1. The molecule has 2 N–H and O–H groups in total. The van der Waals surface area contributed by atoms with Crippen molar-refractivity contribution in [1.29, 1.82) is 0 Å². The first-order valence-electron chi connectivity index (χ1n) is 3.08. The predicted octanol–water partition coefficient (Wildman–Crippen LogP) is 0.339. The van der Waals surface area contributed by atoms with Gasteiger partial charge in [-0.3, -0.25) is 9.59 Å². The molecule has 0 unspecified atom stereocenters. The van der Waals surface area contributed by atoms with Crippen molar-refractivity contribution in [2.45, 2.75) is 6.42 Å². The fraction of sp³-hybridized carbons (Fsp3) is 0.167. The lowest BCUT2D eigenvalue weighted by atomic mass is 10.3. The lowest BCUT2D eigenvalue weighted by Gasteiger charge is -1.95. The Bertz CT molecular complexity index is 297. The molecule has 0 radical (unpaired) electrons. The first kappa shape index (κ1) is 8.66. The molecule has 0 aliphatic heterocycles. The largest absolute Gasteiger partial charge is 0.481 e. The number of anilines is 1. The first-order chi connectivity index (χ1) is 5.74. The third-order valence-corrected chi connectivity index (χ3v) is 1.95. The van der Waals surface area contributed by atoms with Gasteiger partial charge in [0.2, 0.25) is 6.41 Å². The Balaban J connectivity index is 2.76. The minimum absolute atomic E-state index is 0.167. The summed E-state index contributed by atoms with van der Waals surface area (Å²) < 4.78 is 0. The number of hydrogen-bond acceptors (Lipinski definition) is 4. The van der Waals surface area contributed by atoms with Crippen molar-refractivity contribution in [2.75, 3.05) is 5.32 Å². The number of aromatic nitrogens is 1. The molecule has 0 atom stereocenters. The number of carboxylic acid groups (broad SMARTS) is 1. The Labute approximate surface area is 72.1 Å². The van der Waals surface area contributed by atoms with Gasteiger partial charge in [-0.1, -0.05) is 0 Å². The second-order valence-electron chi connectivity index (χ2n) is 1.96. The molecule has 1 heterocycles. The second kappa shape index (κ2) is 3.82. The highest BCUT2D eigenvalue weighted by molar-refractivity contribution is 7.14. The van der Waals surface area contributed by atoms with E-state index in [9.17, 15) is 9.59 Å². The summed E-state index contributed by atoms with van der Waals surface area (Å²) in [6.07, 6.45) is 0.332. The molecule has 1 aromatic rings. The topological polar surface area (TPSA) is 79.3 Å². The van der Waals surface area contributed by atoms with Crippen LogP contribution in [0.25, 0.3) is 0 Å². The molecule has 0 aliphatic carbocycles. The van der Waals surface area contributed by atoms with Crippen LogP contribution in [0.2, 0.25) is 0 Å². The summed E-state index contributed by atoms with van der Waals surface area (Å²) in [6.45, 7) is 0. The molecule has 0 fully saturated rings. The van der Waals surface area contributed by atoms with Crippen molar-refractivity contribution in [3.05, 3.63) is 11.2 Å². The Morgan fingerprint density at radius 3 is 3.17 bits per heavy atom. The highest BCUT2D eigenvalue weighted by Gasteiger charge is 2.08. The van der Waals surface area contributed by atoms with E-state index in [0.29, 0.717) is 17.1 Å². The number of carboxylic acids is 1. The zero-order valence-corrected chi connectivity index (χ0v) is 6.80. The van der Waals surface area contributed by atoms with Gasteiger partial charge in [-0.2, -0.15) is 0 Å². The maximum Gasteiger partial charge on any atom is 0.309 e. The van der Waals surface area contributed by atoms with E-state index in [2.05, 4.69) is 10.3 Å². The summed E-state index contributed by atoms with van der Waals surface area (Å²) in [4.78, 5) is 24.1. The standard InChI is InChI=1S/C6H6N2O3S/c9-2-7-6-4(1-5(10)11)8-3-12-6/h2-3H,1H2,(H,7,9)(H,10,11). The Morgan fingerprint density at radius 2 is 2.58 bits per heavy atom. The van der Waals surface area contributed by atoms with E-state index in [0.717, 1.165) is 0 Å². The van der Waals surface area contributed by atoms with E-state index in [-0.39, 0.29) is 6.42 Å². The second-order valence-corrected chi connectivity index (χ2v) is 2.82. The summed E-state index contributed by atoms with van der Waals surface area (Å²) in [6, 6.07) is 0. The van der Waals surface area contributed by atoms with Crippen molar-refractivity contribution >= 4 is 28.7 Å². The average molecular weight is 186 g/mol.